The van der Waals surface area contributed by atoms with Crippen LogP contribution in [-0.4, -0.2) is 22.1 Å². The van der Waals surface area contributed by atoms with Crippen LogP contribution in [-0.2, 0) is 0 Å². The third-order valence-corrected chi connectivity index (χ3v) is 3.24. The quantitative estimate of drug-likeness (QED) is 0.617. The summed E-state index contributed by atoms with van der Waals surface area (Å²) < 4.78 is 1.32. The zero-order valence-corrected chi connectivity index (χ0v) is 11.0. The summed E-state index contributed by atoms with van der Waals surface area (Å²) in [5.74, 6) is -0.487. The first-order valence-corrected chi connectivity index (χ1v) is 6.61. The summed E-state index contributed by atoms with van der Waals surface area (Å²) in [6, 6.07) is 17.8. The molecule has 0 saturated heterocycles. The van der Waals surface area contributed by atoms with Crippen LogP contribution >= 0.6 is 0 Å². The zero-order valence-electron chi connectivity index (χ0n) is 11.0. The molecule has 20 heavy (non-hydrogen) atoms. The molecule has 0 atom stereocenters. The van der Waals surface area contributed by atoms with Crippen molar-refractivity contribution in [3.8, 4) is 0 Å². The van der Waals surface area contributed by atoms with Gasteiger partial charge in [0.15, 0.2) is 5.71 Å². The highest BCUT2D eigenvalue weighted by Gasteiger charge is 2.38. The second-order valence-electron chi connectivity index (χ2n) is 4.74. The van der Waals surface area contributed by atoms with E-state index in [2.05, 4.69) is 0 Å². The minimum atomic E-state index is -0.244. The molecule has 1 aliphatic rings. The van der Waals surface area contributed by atoms with E-state index in [1.807, 2.05) is 12.1 Å². The maximum atomic E-state index is 12.5. The van der Waals surface area contributed by atoms with Gasteiger partial charge in [0.25, 0.3) is 0 Å². The van der Waals surface area contributed by atoms with Gasteiger partial charge in [0.1, 0.15) is 0 Å². The van der Waals surface area contributed by atoms with Crippen LogP contribution in [0.1, 0.15) is 33.6 Å². The first-order valence-electron chi connectivity index (χ1n) is 6.61. The first kappa shape index (κ1) is 12.5. The van der Waals surface area contributed by atoms with Crippen molar-refractivity contribution in [1.82, 2.24) is 0 Å². The Kier molecular flexibility index (Phi) is 3.25. The molecule has 3 heteroatoms. The van der Waals surface area contributed by atoms with E-state index in [0.717, 1.165) is 18.6 Å². The minimum absolute atomic E-state index is 0.244. The average Bonchev–Trinajstić information content (AvgIpc) is 3.34. The van der Waals surface area contributed by atoms with Gasteiger partial charge in [0.2, 0.25) is 0 Å². The Hall–Kier alpha value is -2.55. The van der Waals surface area contributed by atoms with Gasteiger partial charge in [-0.25, -0.2) is 9.59 Å². The van der Waals surface area contributed by atoms with Gasteiger partial charge in [-0.2, -0.15) is 0 Å². The fraction of sp³-hybridized carbons (Fsp3) is 0.118. The average molecular weight is 264 g/mol. The van der Waals surface area contributed by atoms with E-state index < -0.39 is 0 Å². The van der Waals surface area contributed by atoms with E-state index in [1.54, 1.807) is 48.5 Å². The molecule has 2 amide bonds. The molecule has 3 nitrogen and oxygen atoms in total. The zero-order chi connectivity index (χ0) is 13.9. The number of amides is 2. The molecular weight excluding hydrogens is 250 g/mol. The highest BCUT2D eigenvalue weighted by molar-refractivity contribution is 6.08. The molecule has 0 radical (unpaired) electrons. The standard InChI is InChI=1S/C17H14NO2/c19-16(13-7-3-1-4-8-13)18(15-11-12-15)17(20)14-9-5-2-6-10-14/h1-10H,11-12H2/q+1. The number of carbonyl (C=O) groups is 2. The van der Waals surface area contributed by atoms with Crippen LogP contribution in [0.2, 0.25) is 0 Å². The lowest BCUT2D eigenvalue weighted by atomic mass is 10.1. The Balaban J connectivity index is 1.99. The summed E-state index contributed by atoms with van der Waals surface area (Å²) in [6.45, 7) is 0. The number of carbonyl (C=O) groups excluding carboxylic acids is 2. The molecule has 0 unspecified atom stereocenters. The number of nitrogens with zero attached hydrogens (tertiary/aromatic N) is 1. The topological polar surface area (TPSA) is 37.1 Å². The van der Waals surface area contributed by atoms with Crippen molar-refractivity contribution in [2.75, 3.05) is 0 Å². The van der Waals surface area contributed by atoms with Crippen molar-refractivity contribution in [2.24, 2.45) is 0 Å². The number of benzene rings is 2. The summed E-state index contributed by atoms with van der Waals surface area (Å²) >= 11 is 0. The van der Waals surface area contributed by atoms with Crippen molar-refractivity contribution in [3.05, 3.63) is 71.8 Å². The molecule has 2 aromatic rings. The third kappa shape index (κ3) is 2.43. The maximum absolute atomic E-state index is 12.5. The van der Waals surface area contributed by atoms with Gasteiger partial charge in [-0.05, 0) is 24.3 Å². The Morgan fingerprint density at radius 2 is 1.10 bits per heavy atom. The Bertz CT molecular complexity index is 628. The summed E-state index contributed by atoms with van der Waals surface area (Å²) in [7, 11) is 0. The summed E-state index contributed by atoms with van der Waals surface area (Å²) in [5.41, 5.74) is 1.97. The lowest BCUT2D eigenvalue weighted by Gasteiger charge is -1.99. The predicted molar refractivity (Wildman–Crippen MR) is 76.0 cm³/mol. The fourth-order valence-electron chi connectivity index (χ4n) is 2.08. The van der Waals surface area contributed by atoms with Gasteiger partial charge < -0.3 is 0 Å². The number of hydrogen-bond donors (Lipinski definition) is 0. The molecule has 0 heterocycles. The summed E-state index contributed by atoms with van der Waals surface area (Å²) in [4.78, 5) is 25.1. The minimum Gasteiger partial charge on any atom is -0.214 e. The lowest BCUT2D eigenvalue weighted by Crippen LogP contribution is -2.29. The second-order valence-corrected chi connectivity index (χ2v) is 4.74. The number of hydrogen-bond acceptors (Lipinski definition) is 2. The molecule has 0 spiro atoms. The second kappa shape index (κ2) is 5.21. The van der Waals surface area contributed by atoms with Crippen LogP contribution in [0.15, 0.2) is 60.7 Å². The lowest BCUT2D eigenvalue weighted by molar-refractivity contribution is -0.326. The molecule has 0 aliphatic heterocycles. The van der Waals surface area contributed by atoms with Gasteiger partial charge in [-0.15, -0.1) is 0 Å². The molecule has 1 aliphatic carbocycles. The van der Waals surface area contributed by atoms with E-state index in [4.69, 9.17) is 0 Å². The fourth-order valence-corrected chi connectivity index (χ4v) is 2.08. The molecular formula is C17H14NO2+. The van der Waals surface area contributed by atoms with Crippen LogP contribution in [0, 0.1) is 0 Å². The highest BCUT2D eigenvalue weighted by atomic mass is 16.2. The first-order chi connectivity index (χ1) is 9.77. The summed E-state index contributed by atoms with van der Waals surface area (Å²) in [5, 5.41) is 0. The SMILES string of the molecule is O=C(c1ccccc1)[N+](C(=O)c1ccccc1)=C1CC1. The molecule has 98 valence electrons. The Morgan fingerprint density at radius 1 is 0.700 bits per heavy atom. The third-order valence-electron chi connectivity index (χ3n) is 3.24. The Labute approximate surface area is 117 Å². The van der Waals surface area contributed by atoms with E-state index in [0.29, 0.717) is 11.1 Å². The maximum Gasteiger partial charge on any atom is 0.427 e. The molecule has 1 saturated carbocycles. The summed E-state index contributed by atoms with van der Waals surface area (Å²) in [6.07, 6.45) is 1.63. The van der Waals surface area contributed by atoms with E-state index in [-0.39, 0.29) is 11.8 Å². The van der Waals surface area contributed by atoms with Crippen LogP contribution in [0.25, 0.3) is 0 Å². The van der Waals surface area contributed by atoms with Crippen LogP contribution in [0.5, 0.6) is 0 Å². The molecule has 0 N–H and O–H groups in total. The van der Waals surface area contributed by atoms with E-state index in [1.165, 1.54) is 4.58 Å². The molecule has 3 rings (SSSR count). The highest BCUT2D eigenvalue weighted by Crippen LogP contribution is 2.18. The molecule has 0 bridgehead atoms. The molecule has 2 aromatic carbocycles. The van der Waals surface area contributed by atoms with E-state index >= 15 is 0 Å². The van der Waals surface area contributed by atoms with Crippen molar-refractivity contribution in [2.45, 2.75) is 12.8 Å². The van der Waals surface area contributed by atoms with Crippen LogP contribution in [0.4, 0.5) is 0 Å². The van der Waals surface area contributed by atoms with Crippen molar-refractivity contribution in [3.63, 3.8) is 0 Å². The van der Waals surface area contributed by atoms with Crippen LogP contribution in [0.3, 0.4) is 0 Å². The van der Waals surface area contributed by atoms with Gasteiger partial charge in [0.05, 0.1) is 11.1 Å². The monoisotopic (exact) mass is 264 g/mol. The van der Waals surface area contributed by atoms with Crippen molar-refractivity contribution in [1.29, 1.82) is 0 Å². The largest absolute Gasteiger partial charge is 0.427 e. The smallest absolute Gasteiger partial charge is 0.214 e. The van der Waals surface area contributed by atoms with Gasteiger partial charge in [-0.3, -0.25) is 0 Å². The predicted octanol–water partition coefficient (Wildman–Crippen LogP) is 2.91. The molecule has 1 fully saturated rings. The number of imide groups is 1. The van der Waals surface area contributed by atoms with Crippen molar-refractivity contribution < 1.29 is 14.2 Å². The van der Waals surface area contributed by atoms with Gasteiger partial charge >= 0.3 is 11.8 Å². The van der Waals surface area contributed by atoms with Crippen molar-refractivity contribution >= 4 is 17.5 Å². The molecule has 0 aromatic heterocycles. The number of rotatable bonds is 2. The normalized spacial score (nSPS) is 12.9. The Morgan fingerprint density at radius 3 is 1.45 bits per heavy atom. The van der Waals surface area contributed by atoms with E-state index in [9.17, 15) is 9.59 Å². The van der Waals surface area contributed by atoms with Gasteiger partial charge in [-0.1, -0.05) is 41.0 Å². The van der Waals surface area contributed by atoms with Crippen LogP contribution < -0.4 is 0 Å². The van der Waals surface area contributed by atoms with Gasteiger partial charge in [0, 0.05) is 12.8 Å².